The van der Waals surface area contributed by atoms with Crippen molar-refractivity contribution >= 4 is 17.5 Å². The van der Waals surface area contributed by atoms with Crippen LogP contribution in [0.5, 0.6) is 5.75 Å². The molecule has 7 nitrogen and oxygen atoms in total. The molecular weight excluding hydrogens is 348 g/mol. The fraction of sp³-hybridized carbons (Fsp3) is 0.400. The number of hydrogen-bond acceptors (Lipinski definition) is 5. The molecule has 4 rings (SSSR count). The van der Waals surface area contributed by atoms with Crippen molar-refractivity contribution in [3.05, 3.63) is 48.4 Å². The fourth-order valence-corrected chi connectivity index (χ4v) is 3.65. The van der Waals surface area contributed by atoms with Gasteiger partial charge in [0, 0.05) is 13.1 Å². The van der Waals surface area contributed by atoms with E-state index in [1.807, 2.05) is 26.0 Å². The summed E-state index contributed by atoms with van der Waals surface area (Å²) in [4.78, 5) is 29.3. The van der Waals surface area contributed by atoms with Gasteiger partial charge in [-0.25, -0.2) is 0 Å². The van der Waals surface area contributed by atoms with Gasteiger partial charge in [0.15, 0.2) is 11.9 Å². The van der Waals surface area contributed by atoms with Gasteiger partial charge in [-0.15, -0.1) is 0 Å². The summed E-state index contributed by atoms with van der Waals surface area (Å²) >= 11 is 0. The number of para-hydroxylation sites is 2. The fourth-order valence-electron chi connectivity index (χ4n) is 3.65. The molecule has 2 amide bonds. The first-order valence-electron chi connectivity index (χ1n) is 9.08. The standard InChI is InChI=1S/C20H22N2O5/c1-13-10-21(11-14(2)26-13)19(23)18-12-22(20(24)17-8-5-9-25-17)15-6-3-4-7-16(15)27-18/h3-9,13-14,18H,10-12H2,1-2H3. The van der Waals surface area contributed by atoms with E-state index in [4.69, 9.17) is 13.9 Å². The number of benzene rings is 1. The van der Waals surface area contributed by atoms with Crippen LogP contribution in [0.3, 0.4) is 0 Å². The minimum Gasteiger partial charge on any atom is -0.476 e. The Morgan fingerprint density at radius 2 is 1.74 bits per heavy atom. The number of hydrogen-bond donors (Lipinski definition) is 0. The Hall–Kier alpha value is -2.80. The number of carbonyl (C=O) groups is 2. The zero-order valence-electron chi connectivity index (χ0n) is 15.3. The molecule has 0 aliphatic carbocycles. The van der Waals surface area contributed by atoms with Gasteiger partial charge in [-0.3, -0.25) is 14.5 Å². The first-order valence-corrected chi connectivity index (χ1v) is 9.08. The number of rotatable bonds is 2. The molecule has 1 aromatic carbocycles. The summed E-state index contributed by atoms with van der Waals surface area (Å²) in [6, 6.07) is 10.5. The van der Waals surface area contributed by atoms with Crippen LogP contribution in [0.25, 0.3) is 0 Å². The van der Waals surface area contributed by atoms with E-state index >= 15 is 0 Å². The molecule has 0 bridgehead atoms. The molecule has 2 aliphatic heterocycles. The number of anilines is 1. The zero-order valence-corrected chi connectivity index (χ0v) is 15.3. The first-order chi connectivity index (χ1) is 13.0. The van der Waals surface area contributed by atoms with Crippen molar-refractivity contribution in [1.82, 2.24) is 4.90 Å². The first kappa shape index (κ1) is 17.6. The van der Waals surface area contributed by atoms with Crippen molar-refractivity contribution in [2.75, 3.05) is 24.5 Å². The summed E-state index contributed by atoms with van der Waals surface area (Å²) in [7, 11) is 0. The molecule has 2 aromatic rings. The van der Waals surface area contributed by atoms with Gasteiger partial charge < -0.3 is 18.8 Å². The van der Waals surface area contributed by atoms with Gasteiger partial charge in [-0.1, -0.05) is 12.1 Å². The number of carbonyl (C=O) groups excluding carboxylic acids is 2. The Labute approximate surface area is 157 Å². The molecule has 3 heterocycles. The number of morpholine rings is 1. The van der Waals surface area contributed by atoms with Crippen molar-refractivity contribution in [3.8, 4) is 5.75 Å². The van der Waals surface area contributed by atoms with Crippen LogP contribution < -0.4 is 9.64 Å². The van der Waals surface area contributed by atoms with Crippen LogP contribution in [0.1, 0.15) is 24.4 Å². The molecule has 0 saturated carbocycles. The quantitative estimate of drug-likeness (QED) is 0.811. The third-order valence-corrected chi connectivity index (χ3v) is 4.76. The van der Waals surface area contributed by atoms with Gasteiger partial charge in [0.25, 0.3) is 11.8 Å². The van der Waals surface area contributed by atoms with Crippen LogP contribution in [0.2, 0.25) is 0 Å². The highest BCUT2D eigenvalue weighted by molar-refractivity contribution is 6.06. The Kier molecular flexibility index (Phi) is 4.61. The zero-order chi connectivity index (χ0) is 19.0. The second-order valence-corrected chi connectivity index (χ2v) is 6.97. The maximum Gasteiger partial charge on any atom is 0.294 e. The highest BCUT2D eigenvalue weighted by Crippen LogP contribution is 2.34. The second-order valence-electron chi connectivity index (χ2n) is 6.97. The van der Waals surface area contributed by atoms with Crippen molar-refractivity contribution < 1.29 is 23.5 Å². The Bertz CT molecular complexity index is 825. The van der Waals surface area contributed by atoms with E-state index in [2.05, 4.69) is 0 Å². The lowest BCUT2D eigenvalue weighted by molar-refractivity contribution is -0.150. The predicted molar refractivity (Wildman–Crippen MR) is 97.8 cm³/mol. The normalized spacial score (nSPS) is 24.9. The second kappa shape index (κ2) is 7.08. The molecule has 2 aliphatic rings. The number of ether oxygens (including phenoxy) is 2. The molecule has 0 N–H and O–H groups in total. The lowest BCUT2D eigenvalue weighted by atomic mass is 10.1. The minimum atomic E-state index is -0.767. The van der Waals surface area contributed by atoms with Crippen LogP contribution in [0, 0.1) is 0 Å². The third kappa shape index (κ3) is 3.42. The van der Waals surface area contributed by atoms with E-state index in [0.717, 1.165) is 0 Å². The lowest BCUT2D eigenvalue weighted by Crippen LogP contribution is -2.56. The Balaban J connectivity index is 1.60. The molecule has 1 fully saturated rings. The van der Waals surface area contributed by atoms with E-state index in [9.17, 15) is 9.59 Å². The summed E-state index contributed by atoms with van der Waals surface area (Å²) in [6.07, 6.45) is 0.624. The highest BCUT2D eigenvalue weighted by Gasteiger charge is 2.38. The van der Waals surface area contributed by atoms with E-state index in [1.165, 1.54) is 6.26 Å². The molecule has 7 heteroatoms. The van der Waals surface area contributed by atoms with Crippen LogP contribution in [0.4, 0.5) is 5.69 Å². The van der Waals surface area contributed by atoms with Crippen LogP contribution in [0.15, 0.2) is 47.1 Å². The molecule has 0 radical (unpaired) electrons. The topological polar surface area (TPSA) is 72.2 Å². The molecule has 3 atom stereocenters. The van der Waals surface area contributed by atoms with E-state index in [0.29, 0.717) is 24.5 Å². The van der Waals surface area contributed by atoms with Crippen LogP contribution in [-0.4, -0.2) is 54.7 Å². The summed E-state index contributed by atoms with van der Waals surface area (Å²) < 4.78 is 16.9. The van der Waals surface area contributed by atoms with Gasteiger partial charge >= 0.3 is 0 Å². The van der Waals surface area contributed by atoms with Crippen molar-refractivity contribution in [2.45, 2.75) is 32.2 Å². The van der Waals surface area contributed by atoms with Crippen molar-refractivity contribution in [1.29, 1.82) is 0 Å². The molecular formula is C20H22N2O5. The smallest absolute Gasteiger partial charge is 0.294 e. The maximum absolute atomic E-state index is 13.1. The van der Waals surface area contributed by atoms with Gasteiger partial charge in [-0.2, -0.15) is 0 Å². The SMILES string of the molecule is CC1CN(C(=O)C2CN(C(=O)c3ccco3)c3ccccc3O2)CC(C)O1. The molecule has 1 aromatic heterocycles. The molecule has 0 spiro atoms. The summed E-state index contributed by atoms with van der Waals surface area (Å²) in [5.41, 5.74) is 0.631. The molecule has 1 saturated heterocycles. The summed E-state index contributed by atoms with van der Waals surface area (Å²) in [5, 5.41) is 0. The van der Waals surface area contributed by atoms with Gasteiger partial charge in [0.2, 0.25) is 0 Å². The van der Waals surface area contributed by atoms with E-state index in [1.54, 1.807) is 34.1 Å². The number of nitrogens with zero attached hydrogens (tertiary/aromatic N) is 2. The lowest BCUT2D eigenvalue weighted by Gasteiger charge is -2.39. The molecule has 142 valence electrons. The third-order valence-electron chi connectivity index (χ3n) is 4.76. The minimum absolute atomic E-state index is 0.0329. The Morgan fingerprint density at radius 3 is 2.44 bits per heavy atom. The highest BCUT2D eigenvalue weighted by atomic mass is 16.5. The van der Waals surface area contributed by atoms with Gasteiger partial charge in [0.05, 0.1) is 30.7 Å². The van der Waals surface area contributed by atoms with Crippen LogP contribution in [-0.2, 0) is 9.53 Å². The molecule has 3 unspecified atom stereocenters. The van der Waals surface area contributed by atoms with E-state index in [-0.39, 0.29) is 36.3 Å². The summed E-state index contributed by atoms with van der Waals surface area (Å²) in [6.45, 7) is 5.04. The monoisotopic (exact) mass is 370 g/mol. The van der Waals surface area contributed by atoms with Gasteiger partial charge in [-0.05, 0) is 38.1 Å². The molecule has 27 heavy (non-hydrogen) atoms. The summed E-state index contributed by atoms with van der Waals surface area (Å²) in [5.74, 6) is 0.309. The van der Waals surface area contributed by atoms with Crippen molar-refractivity contribution in [3.63, 3.8) is 0 Å². The van der Waals surface area contributed by atoms with Crippen LogP contribution >= 0.6 is 0 Å². The number of furan rings is 1. The number of fused-ring (bicyclic) bond motifs is 1. The largest absolute Gasteiger partial charge is 0.476 e. The number of amides is 2. The average molecular weight is 370 g/mol. The predicted octanol–water partition coefficient (Wildman–Crippen LogP) is 2.32. The van der Waals surface area contributed by atoms with E-state index < -0.39 is 6.10 Å². The average Bonchev–Trinajstić information content (AvgIpc) is 3.20. The van der Waals surface area contributed by atoms with Gasteiger partial charge in [0.1, 0.15) is 5.75 Å². The maximum atomic E-state index is 13.1. The Morgan fingerprint density at radius 1 is 1.00 bits per heavy atom. The van der Waals surface area contributed by atoms with Crippen molar-refractivity contribution in [2.24, 2.45) is 0 Å².